The van der Waals surface area contributed by atoms with Crippen molar-refractivity contribution < 1.29 is 0 Å². The second-order valence-corrected chi connectivity index (χ2v) is 4.64. The zero-order valence-corrected chi connectivity index (χ0v) is 10.8. The molecule has 1 rings (SSSR count). The van der Waals surface area contributed by atoms with Crippen molar-refractivity contribution in [3.63, 3.8) is 0 Å². The Morgan fingerprint density at radius 1 is 1.50 bits per heavy atom. The summed E-state index contributed by atoms with van der Waals surface area (Å²) in [6.45, 7) is 5.17. The Bertz CT molecular complexity index is 301. The van der Waals surface area contributed by atoms with Gasteiger partial charge in [-0.2, -0.15) is 0 Å². The molecule has 0 amide bonds. The molecule has 0 aromatic heterocycles. The summed E-state index contributed by atoms with van der Waals surface area (Å²) in [5, 5.41) is 4.22. The van der Waals surface area contributed by atoms with Crippen molar-refractivity contribution in [3.05, 3.63) is 33.3 Å². The van der Waals surface area contributed by atoms with Crippen LogP contribution in [0.1, 0.15) is 25.8 Å². The molecule has 1 nitrogen and oxygen atoms in total. The van der Waals surface area contributed by atoms with Crippen LogP contribution in [0.3, 0.4) is 0 Å². The lowest BCUT2D eigenvalue weighted by atomic mass is 10.2. The first-order chi connectivity index (χ1) is 6.65. The zero-order valence-electron chi connectivity index (χ0n) is 8.48. The third-order valence-corrected chi connectivity index (χ3v) is 3.62. The predicted molar refractivity (Wildman–Crippen MR) is 65.7 cm³/mol. The molecule has 1 unspecified atom stereocenters. The van der Waals surface area contributed by atoms with Crippen LogP contribution in [-0.2, 0) is 6.54 Å². The molecular formula is C11H15BrClN. The Morgan fingerprint density at radius 2 is 2.21 bits per heavy atom. The summed E-state index contributed by atoms with van der Waals surface area (Å²) in [6.07, 6.45) is 1.13. The Hall–Kier alpha value is -0.0500. The van der Waals surface area contributed by atoms with Crippen molar-refractivity contribution in [2.45, 2.75) is 32.9 Å². The average Bonchev–Trinajstić information content (AvgIpc) is 2.20. The second kappa shape index (κ2) is 5.74. The largest absolute Gasteiger partial charge is 0.310 e. The maximum Gasteiger partial charge on any atom is 0.0592 e. The van der Waals surface area contributed by atoms with Gasteiger partial charge in [0.1, 0.15) is 0 Å². The number of nitrogens with one attached hydrogen (secondary N) is 1. The van der Waals surface area contributed by atoms with Gasteiger partial charge in [-0.05, 0) is 40.9 Å². The van der Waals surface area contributed by atoms with Crippen molar-refractivity contribution in [1.82, 2.24) is 5.32 Å². The standard InChI is InChI=1S/C11H15BrClN/c1-3-8(2)14-7-9-5-4-6-10(12)11(9)13/h4-6,8,14H,3,7H2,1-2H3. The highest BCUT2D eigenvalue weighted by Gasteiger charge is 2.04. The van der Waals surface area contributed by atoms with Gasteiger partial charge >= 0.3 is 0 Å². The lowest BCUT2D eigenvalue weighted by molar-refractivity contribution is 0.534. The van der Waals surface area contributed by atoms with E-state index in [1.54, 1.807) is 0 Å². The van der Waals surface area contributed by atoms with E-state index in [0.29, 0.717) is 6.04 Å². The molecular weight excluding hydrogens is 261 g/mol. The molecule has 0 aliphatic carbocycles. The van der Waals surface area contributed by atoms with E-state index in [2.05, 4.69) is 35.1 Å². The van der Waals surface area contributed by atoms with E-state index >= 15 is 0 Å². The van der Waals surface area contributed by atoms with Crippen LogP contribution in [0, 0.1) is 0 Å². The Labute approximate surface area is 99.0 Å². The lowest BCUT2D eigenvalue weighted by Crippen LogP contribution is -2.24. The van der Waals surface area contributed by atoms with Crippen molar-refractivity contribution in [2.75, 3.05) is 0 Å². The SMILES string of the molecule is CCC(C)NCc1cccc(Br)c1Cl. The predicted octanol–water partition coefficient (Wildman–Crippen LogP) is 3.99. The number of hydrogen-bond donors (Lipinski definition) is 1. The normalized spacial score (nSPS) is 12.9. The first kappa shape index (κ1) is 12.0. The molecule has 0 spiro atoms. The van der Waals surface area contributed by atoms with E-state index in [-0.39, 0.29) is 0 Å². The summed E-state index contributed by atoms with van der Waals surface area (Å²) < 4.78 is 0.961. The third kappa shape index (κ3) is 3.26. The van der Waals surface area contributed by atoms with Gasteiger partial charge in [-0.15, -0.1) is 0 Å². The molecule has 1 N–H and O–H groups in total. The van der Waals surface area contributed by atoms with Gasteiger partial charge in [-0.1, -0.05) is 30.7 Å². The van der Waals surface area contributed by atoms with Gasteiger partial charge in [-0.3, -0.25) is 0 Å². The fourth-order valence-corrected chi connectivity index (χ4v) is 1.71. The van der Waals surface area contributed by atoms with Crippen molar-refractivity contribution in [1.29, 1.82) is 0 Å². The molecule has 78 valence electrons. The van der Waals surface area contributed by atoms with Gasteiger partial charge in [-0.25, -0.2) is 0 Å². The molecule has 14 heavy (non-hydrogen) atoms. The Kier molecular flexibility index (Phi) is 4.93. The fourth-order valence-electron chi connectivity index (χ4n) is 1.11. The number of rotatable bonds is 4. The van der Waals surface area contributed by atoms with Crippen LogP contribution >= 0.6 is 27.5 Å². The van der Waals surface area contributed by atoms with Crippen LogP contribution in [0.2, 0.25) is 5.02 Å². The molecule has 3 heteroatoms. The molecule has 0 aliphatic rings. The maximum atomic E-state index is 6.13. The molecule has 1 aromatic rings. The summed E-state index contributed by atoms with van der Waals surface area (Å²) in [5.41, 5.74) is 1.14. The highest BCUT2D eigenvalue weighted by atomic mass is 79.9. The molecule has 0 saturated carbocycles. The summed E-state index contributed by atoms with van der Waals surface area (Å²) in [7, 11) is 0. The number of benzene rings is 1. The molecule has 1 aromatic carbocycles. The minimum atomic E-state index is 0.532. The molecule has 0 saturated heterocycles. The van der Waals surface area contributed by atoms with E-state index < -0.39 is 0 Å². The van der Waals surface area contributed by atoms with E-state index in [9.17, 15) is 0 Å². The average molecular weight is 277 g/mol. The highest BCUT2D eigenvalue weighted by molar-refractivity contribution is 9.10. The molecule has 0 aliphatic heterocycles. The molecule has 0 heterocycles. The van der Waals surface area contributed by atoms with Gasteiger partial charge in [0.25, 0.3) is 0 Å². The minimum Gasteiger partial charge on any atom is -0.310 e. The van der Waals surface area contributed by atoms with Crippen LogP contribution in [0.5, 0.6) is 0 Å². The number of hydrogen-bond acceptors (Lipinski definition) is 1. The number of halogens is 2. The van der Waals surface area contributed by atoms with E-state index in [4.69, 9.17) is 11.6 Å². The minimum absolute atomic E-state index is 0.532. The molecule has 0 bridgehead atoms. The fraction of sp³-hybridized carbons (Fsp3) is 0.455. The highest BCUT2D eigenvalue weighted by Crippen LogP contribution is 2.25. The molecule has 1 atom stereocenters. The van der Waals surface area contributed by atoms with E-state index in [0.717, 1.165) is 28.0 Å². The monoisotopic (exact) mass is 275 g/mol. The first-order valence-electron chi connectivity index (χ1n) is 4.81. The molecule has 0 radical (unpaired) electrons. The van der Waals surface area contributed by atoms with Gasteiger partial charge in [0, 0.05) is 17.1 Å². The van der Waals surface area contributed by atoms with Gasteiger partial charge in [0.2, 0.25) is 0 Å². The molecule has 0 fully saturated rings. The first-order valence-corrected chi connectivity index (χ1v) is 5.98. The second-order valence-electron chi connectivity index (χ2n) is 3.40. The van der Waals surface area contributed by atoms with Crippen LogP contribution in [0.4, 0.5) is 0 Å². The van der Waals surface area contributed by atoms with Gasteiger partial charge in [0.05, 0.1) is 5.02 Å². The third-order valence-electron chi connectivity index (χ3n) is 2.28. The Balaban J connectivity index is 2.63. The summed E-state index contributed by atoms with van der Waals surface area (Å²) in [6, 6.07) is 6.53. The summed E-state index contributed by atoms with van der Waals surface area (Å²) in [5.74, 6) is 0. The van der Waals surface area contributed by atoms with Crippen LogP contribution in [0.25, 0.3) is 0 Å². The van der Waals surface area contributed by atoms with Crippen LogP contribution < -0.4 is 5.32 Å². The van der Waals surface area contributed by atoms with Crippen LogP contribution in [-0.4, -0.2) is 6.04 Å². The van der Waals surface area contributed by atoms with Gasteiger partial charge < -0.3 is 5.32 Å². The van der Waals surface area contributed by atoms with Crippen LogP contribution in [0.15, 0.2) is 22.7 Å². The summed E-state index contributed by atoms with van der Waals surface area (Å²) >= 11 is 9.54. The van der Waals surface area contributed by atoms with Crippen molar-refractivity contribution >= 4 is 27.5 Å². The quantitative estimate of drug-likeness (QED) is 0.877. The smallest absolute Gasteiger partial charge is 0.0592 e. The van der Waals surface area contributed by atoms with E-state index in [1.807, 2.05) is 18.2 Å². The summed E-state index contributed by atoms with van der Waals surface area (Å²) in [4.78, 5) is 0. The topological polar surface area (TPSA) is 12.0 Å². The van der Waals surface area contributed by atoms with Crippen molar-refractivity contribution in [2.24, 2.45) is 0 Å². The van der Waals surface area contributed by atoms with Crippen molar-refractivity contribution in [3.8, 4) is 0 Å². The maximum absolute atomic E-state index is 6.13. The van der Waals surface area contributed by atoms with Gasteiger partial charge in [0.15, 0.2) is 0 Å². The zero-order chi connectivity index (χ0) is 10.6. The lowest BCUT2D eigenvalue weighted by Gasteiger charge is -2.12. The Morgan fingerprint density at radius 3 is 2.86 bits per heavy atom. The van der Waals surface area contributed by atoms with E-state index in [1.165, 1.54) is 0 Å².